The molecule has 0 spiro atoms. The van der Waals surface area contributed by atoms with Crippen LogP contribution in [0.3, 0.4) is 0 Å². The van der Waals surface area contributed by atoms with Crippen LogP contribution in [0.2, 0.25) is 0 Å². The monoisotopic (exact) mass is 312 g/mol. The van der Waals surface area contributed by atoms with Gasteiger partial charge in [0.1, 0.15) is 0 Å². The Balaban J connectivity index is 2.04. The van der Waals surface area contributed by atoms with Crippen LogP contribution in [0.1, 0.15) is 6.42 Å². The largest absolute Gasteiger partial charge is 0.326 e. The lowest BCUT2D eigenvalue weighted by molar-refractivity contribution is 0.492. The zero-order chi connectivity index (χ0) is 11.8. The molecule has 0 aliphatic carbocycles. The molecule has 1 aromatic heterocycles. The molecule has 3 rings (SSSR count). The molecule has 1 aliphatic heterocycles. The first-order chi connectivity index (χ1) is 8.24. The molecule has 17 heavy (non-hydrogen) atoms. The molecule has 1 N–H and O–H groups in total. The van der Waals surface area contributed by atoms with Gasteiger partial charge >= 0.3 is 5.69 Å². The second-order valence-corrected chi connectivity index (χ2v) is 6.50. The number of H-pyrrole nitrogens is 1. The molecule has 1 aromatic carbocycles. The van der Waals surface area contributed by atoms with Crippen LogP contribution >= 0.6 is 27.7 Å². The first-order valence-corrected chi connectivity index (χ1v) is 7.64. The number of fused-ring (bicyclic) bond motifs is 1. The Hall–Kier alpha value is -0.680. The number of rotatable bonds is 2. The highest BCUT2D eigenvalue weighted by molar-refractivity contribution is 9.10. The van der Waals surface area contributed by atoms with E-state index < -0.39 is 0 Å². The van der Waals surface area contributed by atoms with E-state index in [0.29, 0.717) is 5.92 Å². The number of aromatic nitrogens is 2. The van der Waals surface area contributed by atoms with Gasteiger partial charge < -0.3 is 4.98 Å². The van der Waals surface area contributed by atoms with Gasteiger partial charge in [-0.3, -0.25) is 4.57 Å². The lowest BCUT2D eigenvalue weighted by atomic mass is 10.1. The Bertz CT molecular complexity index is 598. The quantitative estimate of drug-likeness (QED) is 0.926. The molecule has 1 aliphatic rings. The molecule has 1 fully saturated rings. The highest BCUT2D eigenvalue weighted by Gasteiger charge is 2.18. The summed E-state index contributed by atoms with van der Waals surface area (Å²) in [5.41, 5.74) is 1.93. The van der Waals surface area contributed by atoms with E-state index in [1.165, 1.54) is 17.9 Å². The topological polar surface area (TPSA) is 37.8 Å². The molecule has 2 aromatic rings. The van der Waals surface area contributed by atoms with E-state index in [2.05, 4.69) is 20.9 Å². The zero-order valence-electron chi connectivity index (χ0n) is 9.28. The Kier molecular flexibility index (Phi) is 3.04. The minimum Gasteiger partial charge on any atom is -0.306 e. The number of nitrogens with one attached hydrogen (secondary N) is 1. The van der Waals surface area contributed by atoms with Crippen LogP contribution in [0, 0.1) is 5.92 Å². The standard InChI is InChI=1S/C12H13BrN2OS/c13-9-1-2-10-11(5-9)15(12(16)14-10)6-8-3-4-17-7-8/h1-2,5,8H,3-4,6-7H2,(H,14,16). The minimum absolute atomic E-state index is 0.00926. The van der Waals surface area contributed by atoms with Gasteiger partial charge in [-0.15, -0.1) is 0 Å². The van der Waals surface area contributed by atoms with Crippen molar-refractivity contribution in [3.05, 3.63) is 33.2 Å². The highest BCUT2D eigenvalue weighted by atomic mass is 79.9. The van der Waals surface area contributed by atoms with Crippen LogP contribution in [0.15, 0.2) is 27.5 Å². The van der Waals surface area contributed by atoms with Gasteiger partial charge in [0, 0.05) is 11.0 Å². The molecule has 1 saturated heterocycles. The van der Waals surface area contributed by atoms with Gasteiger partial charge in [-0.1, -0.05) is 15.9 Å². The highest BCUT2D eigenvalue weighted by Crippen LogP contribution is 2.26. The molecule has 0 bridgehead atoms. The van der Waals surface area contributed by atoms with Crippen molar-refractivity contribution in [2.75, 3.05) is 11.5 Å². The fourth-order valence-electron chi connectivity index (χ4n) is 2.29. The third-order valence-electron chi connectivity index (χ3n) is 3.20. The van der Waals surface area contributed by atoms with Gasteiger partial charge in [-0.05, 0) is 42.0 Å². The van der Waals surface area contributed by atoms with Crippen LogP contribution < -0.4 is 5.69 Å². The van der Waals surface area contributed by atoms with E-state index >= 15 is 0 Å². The molecule has 0 amide bonds. The number of hydrogen-bond donors (Lipinski definition) is 1. The number of nitrogens with zero attached hydrogens (tertiary/aromatic N) is 1. The second-order valence-electron chi connectivity index (χ2n) is 4.43. The average molecular weight is 313 g/mol. The van der Waals surface area contributed by atoms with E-state index in [9.17, 15) is 4.79 Å². The molecule has 1 atom stereocenters. The van der Waals surface area contributed by atoms with Crippen LogP contribution in [0.25, 0.3) is 11.0 Å². The lowest BCUT2D eigenvalue weighted by Crippen LogP contribution is -2.21. The predicted octanol–water partition coefficient (Wildman–Crippen LogP) is 2.85. The fourth-order valence-corrected chi connectivity index (χ4v) is 3.91. The van der Waals surface area contributed by atoms with Gasteiger partial charge in [-0.2, -0.15) is 11.8 Å². The fraction of sp³-hybridized carbons (Fsp3) is 0.417. The minimum atomic E-state index is 0.00926. The van der Waals surface area contributed by atoms with E-state index in [1.54, 1.807) is 0 Å². The average Bonchev–Trinajstić information content (AvgIpc) is 2.90. The summed E-state index contributed by atoms with van der Waals surface area (Å²) in [6.07, 6.45) is 1.22. The summed E-state index contributed by atoms with van der Waals surface area (Å²) in [5, 5.41) is 0. The molecule has 0 radical (unpaired) electrons. The Labute approximate surface area is 112 Å². The number of thioether (sulfide) groups is 1. The summed E-state index contributed by atoms with van der Waals surface area (Å²) >= 11 is 5.44. The second kappa shape index (κ2) is 4.53. The van der Waals surface area contributed by atoms with Gasteiger partial charge in [0.25, 0.3) is 0 Å². The van der Waals surface area contributed by atoms with E-state index in [-0.39, 0.29) is 5.69 Å². The van der Waals surface area contributed by atoms with Crippen LogP contribution in [0.4, 0.5) is 0 Å². The molecule has 0 saturated carbocycles. The van der Waals surface area contributed by atoms with E-state index in [0.717, 1.165) is 22.1 Å². The van der Waals surface area contributed by atoms with Crippen molar-refractivity contribution in [2.24, 2.45) is 5.92 Å². The summed E-state index contributed by atoms with van der Waals surface area (Å²) in [7, 11) is 0. The SMILES string of the molecule is O=c1[nH]c2ccc(Br)cc2n1CC1CCSC1. The van der Waals surface area contributed by atoms with E-state index in [4.69, 9.17) is 0 Å². The summed E-state index contributed by atoms with van der Waals surface area (Å²) in [5.74, 6) is 3.04. The van der Waals surface area contributed by atoms with Gasteiger partial charge in [0.05, 0.1) is 11.0 Å². The van der Waals surface area contributed by atoms with Crippen molar-refractivity contribution in [2.45, 2.75) is 13.0 Å². The maximum atomic E-state index is 11.9. The van der Waals surface area contributed by atoms with E-state index in [1.807, 2.05) is 34.5 Å². The molecule has 1 unspecified atom stereocenters. The molecule has 5 heteroatoms. The summed E-state index contributed by atoms with van der Waals surface area (Å²) in [4.78, 5) is 14.8. The molecular formula is C12H13BrN2OS. The zero-order valence-corrected chi connectivity index (χ0v) is 11.7. The number of halogens is 1. The Morgan fingerprint density at radius 3 is 3.18 bits per heavy atom. The normalized spacial score (nSPS) is 20.2. The van der Waals surface area contributed by atoms with Crippen molar-refractivity contribution in [3.8, 4) is 0 Å². The number of benzene rings is 1. The first-order valence-electron chi connectivity index (χ1n) is 5.70. The van der Waals surface area contributed by atoms with Crippen molar-refractivity contribution >= 4 is 38.7 Å². The van der Waals surface area contributed by atoms with Crippen LogP contribution in [-0.4, -0.2) is 21.1 Å². The summed E-state index contributed by atoms with van der Waals surface area (Å²) in [6, 6.07) is 5.91. The summed E-state index contributed by atoms with van der Waals surface area (Å²) in [6.45, 7) is 0.836. The summed E-state index contributed by atoms with van der Waals surface area (Å²) < 4.78 is 2.88. The van der Waals surface area contributed by atoms with Crippen molar-refractivity contribution in [1.82, 2.24) is 9.55 Å². The number of imidazole rings is 1. The molecule has 2 heterocycles. The van der Waals surface area contributed by atoms with Crippen LogP contribution in [0.5, 0.6) is 0 Å². The Morgan fingerprint density at radius 1 is 1.53 bits per heavy atom. The maximum absolute atomic E-state index is 11.9. The van der Waals surface area contributed by atoms with Gasteiger partial charge in [0.15, 0.2) is 0 Å². The molecular weight excluding hydrogens is 300 g/mol. The lowest BCUT2D eigenvalue weighted by Gasteiger charge is -2.09. The van der Waals surface area contributed by atoms with Crippen molar-refractivity contribution in [1.29, 1.82) is 0 Å². The predicted molar refractivity (Wildman–Crippen MR) is 75.7 cm³/mol. The number of hydrogen-bond acceptors (Lipinski definition) is 2. The first kappa shape index (κ1) is 11.4. The van der Waals surface area contributed by atoms with Crippen molar-refractivity contribution in [3.63, 3.8) is 0 Å². The Morgan fingerprint density at radius 2 is 2.41 bits per heavy atom. The molecule has 3 nitrogen and oxygen atoms in total. The third-order valence-corrected chi connectivity index (χ3v) is 4.93. The molecule has 90 valence electrons. The smallest absolute Gasteiger partial charge is 0.306 e. The van der Waals surface area contributed by atoms with Crippen LogP contribution in [-0.2, 0) is 6.54 Å². The van der Waals surface area contributed by atoms with Gasteiger partial charge in [-0.25, -0.2) is 4.79 Å². The number of aromatic amines is 1. The van der Waals surface area contributed by atoms with Gasteiger partial charge in [0.2, 0.25) is 0 Å². The maximum Gasteiger partial charge on any atom is 0.326 e. The van der Waals surface area contributed by atoms with Crippen molar-refractivity contribution < 1.29 is 0 Å². The third kappa shape index (κ3) is 2.18.